The van der Waals surface area contributed by atoms with Crippen molar-refractivity contribution < 1.29 is 22.7 Å². The molecule has 0 unspecified atom stereocenters. The quantitative estimate of drug-likeness (QED) is 0.776. The molecule has 0 radical (unpaired) electrons. The monoisotopic (exact) mass is 359 g/mol. The summed E-state index contributed by atoms with van der Waals surface area (Å²) < 4.78 is 43.6. The van der Waals surface area contributed by atoms with E-state index in [1.54, 1.807) is 25.7 Å². The first kappa shape index (κ1) is 19.2. The van der Waals surface area contributed by atoms with Gasteiger partial charge in [0, 0.05) is 26.2 Å². The number of rotatable bonds is 1. The number of halogens is 3. The Bertz CT molecular complexity index is 627. The number of nitrogen functional groups attached to an aromatic ring is 1. The van der Waals surface area contributed by atoms with Gasteiger partial charge in [0.1, 0.15) is 5.60 Å². The number of hydrogen-bond donors (Lipinski definition) is 1. The van der Waals surface area contributed by atoms with Crippen LogP contribution in [0.3, 0.4) is 0 Å². The number of anilines is 2. The van der Waals surface area contributed by atoms with E-state index < -0.39 is 17.3 Å². The van der Waals surface area contributed by atoms with E-state index in [0.717, 1.165) is 12.1 Å². The van der Waals surface area contributed by atoms with E-state index in [4.69, 9.17) is 10.5 Å². The summed E-state index contributed by atoms with van der Waals surface area (Å²) in [6, 6.07) is 3.37. The van der Waals surface area contributed by atoms with Crippen molar-refractivity contribution in [2.45, 2.75) is 39.0 Å². The van der Waals surface area contributed by atoms with Gasteiger partial charge in [-0.25, -0.2) is 4.79 Å². The number of nitrogens with zero attached hydrogens (tertiary/aromatic N) is 2. The van der Waals surface area contributed by atoms with E-state index >= 15 is 0 Å². The summed E-state index contributed by atoms with van der Waals surface area (Å²) >= 11 is 0. The topological polar surface area (TPSA) is 58.8 Å². The van der Waals surface area contributed by atoms with Crippen molar-refractivity contribution in [1.29, 1.82) is 0 Å². The molecule has 140 valence electrons. The zero-order valence-corrected chi connectivity index (χ0v) is 14.7. The maximum atomic E-state index is 12.8. The van der Waals surface area contributed by atoms with Gasteiger partial charge in [-0.2, -0.15) is 13.2 Å². The van der Waals surface area contributed by atoms with Gasteiger partial charge in [-0.15, -0.1) is 0 Å². The lowest BCUT2D eigenvalue weighted by Crippen LogP contribution is -2.39. The molecule has 1 amide bonds. The van der Waals surface area contributed by atoms with Crippen LogP contribution in [0.2, 0.25) is 0 Å². The van der Waals surface area contributed by atoms with E-state index in [-0.39, 0.29) is 11.8 Å². The molecule has 1 aromatic carbocycles. The molecule has 1 aliphatic heterocycles. The second-order valence-electron chi connectivity index (χ2n) is 7.08. The van der Waals surface area contributed by atoms with Gasteiger partial charge in [0.15, 0.2) is 0 Å². The van der Waals surface area contributed by atoms with E-state index in [1.807, 2.05) is 4.90 Å². The maximum Gasteiger partial charge on any atom is 0.416 e. The van der Waals surface area contributed by atoms with Gasteiger partial charge in [-0.3, -0.25) is 0 Å². The number of ether oxygens (including phenoxy) is 1. The van der Waals surface area contributed by atoms with Crippen LogP contribution in [-0.4, -0.2) is 42.8 Å². The Morgan fingerprint density at radius 3 is 2.36 bits per heavy atom. The molecule has 2 rings (SSSR count). The van der Waals surface area contributed by atoms with Gasteiger partial charge in [-0.05, 0) is 45.4 Å². The smallest absolute Gasteiger partial charge is 0.416 e. The number of carbonyl (C=O) groups excluding carboxylic acids is 1. The third-order valence-electron chi connectivity index (χ3n) is 3.84. The van der Waals surface area contributed by atoms with E-state index in [0.29, 0.717) is 38.3 Å². The average molecular weight is 359 g/mol. The second-order valence-corrected chi connectivity index (χ2v) is 7.08. The highest BCUT2D eigenvalue weighted by atomic mass is 19.4. The summed E-state index contributed by atoms with van der Waals surface area (Å²) in [7, 11) is 0. The fourth-order valence-electron chi connectivity index (χ4n) is 2.69. The molecule has 1 aromatic rings. The normalized spacial score (nSPS) is 16.6. The van der Waals surface area contributed by atoms with Gasteiger partial charge in [0.25, 0.3) is 0 Å². The highest BCUT2D eigenvalue weighted by Crippen LogP contribution is 2.34. The summed E-state index contributed by atoms with van der Waals surface area (Å²) in [4.78, 5) is 15.7. The van der Waals surface area contributed by atoms with E-state index in [9.17, 15) is 18.0 Å². The Balaban J connectivity index is 2.07. The van der Waals surface area contributed by atoms with Crippen molar-refractivity contribution in [3.63, 3.8) is 0 Å². The lowest BCUT2D eigenvalue weighted by atomic mass is 10.1. The standard InChI is InChI=1S/C17H24F3N3O2/c1-16(2,3)25-15(24)23-8-4-7-22(9-10-23)14-6-5-12(11-13(14)21)17(18,19)20/h5-6,11H,4,7-10,21H2,1-3H3. The zero-order chi connectivity index (χ0) is 18.8. The molecule has 0 atom stereocenters. The van der Waals surface area contributed by atoms with Gasteiger partial charge in [-0.1, -0.05) is 0 Å². The van der Waals surface area contributed by atoms with Crippen molar-refractivity contribution in [3.8, 4) is 0 Å². The molecule has 1 saturated heterocycles. The number of amides is 1. The Hall–Kier alpha value is -2.12. The van der Waals surface area contributed by atoms with Crippen molar-refractivity contribution in [1.82, 2.24) is 4.90 Å². The zero-order valence-electron chi connectivity index (χ0n) is 14.7. The van der Waals surface area contributed by atoms with Crippen LogP contribution in [0.25, 0.3) is 0 Å². The summed E-state index contributed by atoms with van der Waals surface area (Å²) in [6.45, 7) is 7.46. The Labute approximate surface area is 145 Å². The molecule has 1 fully saturated rings. The molecule has 0 aliphatic carbocycles. The lowest BCUT2D eigenvalue weighted by molar-refractivity contribution is -0.137. The molecular weight excluding hydrogens is 335 g/mol. The minimum atomic E-state index is -4.42. The predicted octanol–water partition coefficient (Wildman–Crippen LogP) is 3.73. The number of alkyl halides is 3. The minimum absolute atomic E-state index is 0.0838. The largest absolute Gasteiger partial charge is 0.444 e. The fourth-order valence-corrected chi connectivity index (χ4v) is 2.69. The number of carbonyl (C=O) groups is 1. The van der Waals surface area contributed by atoms with Crippen molar-refractivity contribution in [2.24, 2.45) is 0 Å². The Morgan fingerprint density at radius 1 is 1.12 bits per heavy atom. The molecule has 0 aromatic heterocycles. The van der Waals surface area contributed by atoms with Crippen LogP contribution in [-0.2, 0) is 10.9 Å². The minimum Gasteiger partial charge on any atom is -0.444 e. The molecule has 1 aliphatic rings. The summed E-state index contributed by atoms with van der Waals surface area (Å²) in [5, 5.41) is 0. The van der Waals surface area contributed by atoms with Gasteiger partial charge in [0.2, 0.25) is 0 Å². The van der Waals surface area contributed by atoms with Gasteiger partial charge < -0.3 is 20.3 Å². The van der Waals surface area contributed by atoms with Crippen LogP contribution >= 0.6 is 0 Å². The highest BCUT2D eigenvalue weighted by molar-refractivity contribution is 5.70. The Morgan fingerprint density at radius 2 is 1.80 bits per heavy atom. The van der Waals surface area contributed by atoms with Gasteiger partial charge in [0.05, 0.1) is 16.9 Å². The van der Waals surface area contributed by atoms with Crippen molar-refractivity contribution in [3.05, 3.63) is 23.8 Å². The van der Waals surface area contributed by atoms with Crippen LogP contribution in [0.15, 0.2) is 18.2 Å². The maximum absolute atomic E-state index is 12.8. The molecule has 0 bridgehead atoms. The first-order chi connectivity index (χ1) is 11.5. The third kappa shape index (κ3) is 5.17. The number of benzene rings is 1. The van der Waals surface area contributed by atoms with Crippen LogP contribution in [0.4, 0.5) is 29.3 Å². The van der Waals surface area contributed by atoms with Crippen LogP contribution in [0.1, 0.15) is 32.8 Å². The number of nitrogens with two attached hydrogens (primary N) is 1. The molecule has 1 heterocycles. The van der Waals surface area contributed by atoms with Crippen LogP contribution in [0.5, 0.6) is 0 Å². The van der Waals surface area contributed by atoms with E-state index in [2.05, 4.69) is 0 Å². The summed E-state index contributed by atoms with van der Waals surface area (Å²) in [6.07, 6.45) is -4.12. The SMILES string of the molecule is CC(C)(C)OC(=O)N1CCCN(c2ccc(C(F)(F)F)cc2N)CC1. The van der Waals surface area contributed by atoms with Crippen molar-refractivity contribution >= 4 is 17.5 Å². The molecule has 25 heavy (non-hydrogen) atoms. The number of hydrogen-bond acceptors (Lipinski definition) is 4. The van der Waals surface area contributed by atoms with Gasteiger partial charge >= 0.3 is 12.3 Å². The first-order valence-electron chi connectivity index (χ1n) is 8.17. The molecule has 0 spiro atoms. The lowest BCUT2D eigenvalue weighted by Gasteiger charge is -2.27. The third-order valence-corrected chi connectivity index (χ3v) is 3.84. The molecule has 2 N–H and O–H groups in total. The second kappa shape index (κ2) is 7.01. The highest BCUT2D eigenvalue weighted by Gasteiger charge is 2.31. The summed E-state index contributed by atoms with van der Waals surface area (Å²) in [5.41, 5.74) is 5.14. The molecule has 5 nitrogen and oxygen atoms in total. The summed E-state index contributed by atoms with van der Waals surface area (Å²) in [5.74, 6) is 0. The Kier molecular flexibility index (Phi) is 5.39. The predicted molar refractivity (Wildman–Crippen MR) is 90.5 cm³/mol. The average Bonchev–Trinajstić information content (AvgIpc) is 2.70. The fraction of sp³-hybridized carbons (Fsp3) is 0.588. The molecule has 8 heteroatoms. The molecule has 0 saturated carbocycles. The first-order valence-corrected chi connectivity index (χ1v) is 8.17. The molecular formula is C17H24F3N3O2. The van der Waals surface area contributed by atoms with Crippen molar-refractivity contribution in [2.75, 3.05) is 36.8 Å². The van der Waals surface area contributed by atoms with Crippen LogP contribution < -0.4 is 10.6 Å². The van der Waals surface area contributed by atoms with E-state index in [1.165, 1.54) is 6.07 Å². The van der Waals surface area contributed by atoms with Crippen LogP contribution in [0, 0.1) is 0 Å².